The number of fused-ring (bicyclic) bond motifs is 1. The number of benzene rings is 1. The van der Waals surface area contributed by atoms with Crippen molar-refractivity contribution >= 4 is 28.6 Å². The molecule has 0 saturated carbocycles. The molecule has 5 heteroatoms. The van der Waals surface area contributed by atoms with Crippen molar-refractivity contribution in [2.24, 2.45) is 0 Å². The fraction of sp³-hybridized carbons (Fsp3) is 0.143. The van der Waals surface area contributed by atoms with E-state index >= 15 is 0 Å². The average Bonchev–Trinajstić information content (AvgIpc) is 2.43. The Bertz CT molecular complexity index is 636. The Labute approximate surface area is 114 Å². The number of pyridine rings is 1. The lowest BCUT2D eigenvalue weighted by Crippen LogP contribution is -2.13. The highest BCUT2D eigenvalue weighted by molar-refractivity contribution is 8.00. The van der Waals surface area contributed by atoms with Crippen LogP contribution in [-0.4, -0.2) is 27.2 Å². The number of nitrogens with zero attached hydrogens (tertiary/aromatic N) is 1. The number of thioether (sulfide) groups is 1. The number of carboxylic acid groups (broad SMARTS) is 1. The van der Waals surface area contributed by atoms with E-state index < -0.39 is 11.4 Å². The molecule has 0 saturated heterocycles. The summed E-state index contributed by atoms with van der Waals surface area (Å²) in [6.07, 6.45) is 5.30. The number of hydrogen-bond donors (Lipinski definition) is 1. The number of carboxylic acids is 1. The molecule has 1 atom stereocenters. The third kappa shape index (κ3) is 3.63. The van der Waals surface area contributed by atoms with Crippen LogP contribution in [0.2, 0.25) is 0 Å². The molecule has 4 nitrogen and oxygen atoms in total. The average molecular weight is 273 g/mol. The Morgan fingerprint density at radius 3 is 2.95 bits per heavy atom. The van der Waals surface area contributed by atoms with Crippen LogP contribution in [0.5, 0.6) is 5.88 Å². The molecule has 0 bridgehead atoms. The van der Waals surface area contributed by atoms with Crippen LogP contribution >= 0.6 is 11.8 Å². The first-order valence-corrected chi connectivity index (χ1v) is 6.56. The second-order valence-corrected chi connectivity index (χ2v) is 4.71. The van der Waals surface area contributed by atoms with E-state index in [0.717, 1.165) is 22.7 Å². The lowest BCUT2D eigenvalue weighted by atomic mass is 10.2. The molecule has 0 aliphatic heterocycles. The van der Waals surface area contributed by atoms with Gasteiger partial charge in [-0.2, -0.15) is 0 Å². The van der Waals surface area contributed by atoms with E-state index in [2.05, 4.69) is 10.9 Å². The topological polar surface area (TPSA) is 59.4 Å². The number of para-hydroxylation sites is 1. The van der Waals surface area contributed by atoms with Gasteiger partial charge in [-0.25, -0.2) is 4.98 Å². The molecule has 19 heavy (non-hydrogen) atoms. The molecule has 0 fully saturated rings. The van der Waals surface area contributed by atoms with Crippen molar-refractivity contribution in [3.05, 3.63) is 36.4 Å². The minimum Gasteiger partial charge on any atom is -0.481 e. The van der Waals surface area contributed by atoms with Crippen molar-refractivity contribution in [3.8, 4) is 18.2 Å². The first-order chi connectivity index (χ1) is 9.19. The van der Waals surface area contributed by atoms with Crippen LogP contribution in [0, 0.1) is 12.3 Å². The molecule has 0 aliphatic rings. The Balaban J connectivity index is 2.11. The summed E-state index contributed by atoms with van der Waals surface area (Å²) in [5.41, 5.74) is 0.142. The van der Waals surface area contributed by atoms with Crippen molar-refractivity contribution in [2.75, 3.05) is 5.75 Å². The normalized spacial score (nSPS) is 11.7. The third-order valence-electron chi connectivity index (χ3n) is 2.29. The van der Waals surface area contributed by atoms with Gasteiger partial charge in [0.1, 0.15) is 0 Å². The van der Waals surface area contributed by atoms with Crippen LogP contribution in [0.4, 0.5) is 0 Å². The summed E-state index contributed by atoms with van der Waals surface area (Å²) in [5, 5.41) is 9.61. The highest BCUT2D eigenvalue weighted by Gasteiger charge is 2.11. The number of rotatable bonds is 5. The molecule has 0 aliphatic carbocycles. The van der Waals surface area contributed by atoms with Crippen LogP contribution in [-0.2, 0) is 4.79 Å². The van der Waals surface area contributed by atoms with E-state index in [9.17, 15) is 4.79 Å². The third-order valence-corrected chi connectivity index (χ3v) is 3.24. The molecule has 1 aromatic heterocycles. The number of aliphatic carboxylic acids is 1. The van der Waals surface area contributed by atoms with E-state index in [-0.39, 0.29) is 5.75 Å². The van der Waals surface area contributed by atoms with Gasteiger partial charge in [0.2, 0.25) is 11.3 Å². The zero-order chi connectivity index (χ0) is 13.7. The number of carbonyl (C=O) groups is 1. The quantitative estimate of drug-likeness (QED) is 0.669. The van der Waals surface area contributed by atoms with Crippen molar-refractivity contribution in [3.63, 3.8) is 0 Å². The second-order valence-electron chi connectivity index (χ2n) is 3.66. The monoisotopic (exact) mass is 273 g/mol. The first-order valence-electron chi connectivity index (χ1n) is 5.51. The molecule has 2 aromatic rings. The first kappa shape index (κ1) is 13.2. The lowest BCUT2D eigenvalue weighted by molar-refractivity contribution is -0.133. The number of hydrogen-bond acceptors (Lipinski definition) is 4. The fourth-order valence-electron chi connectivity index (χ4n) is 1.49. The zero-order valence-corrected chi connectivity index (χ0v) is 10.8. The predicted molar refractivity (Wildman–Crippen MR) is 75.1 cm³/mol. The summed E-state index contributed by atoms with van der Waals surface area (Å²) in [5.74, 6) is 1.74. The van der Waals surface area contributed by atoms with Crippen molar-refractivity contribution < 1.29 is 14.6 Å². The molecule has 0 radical (unpaired) electrons. The van der Waals surface area contributed by atoms with E-state index in [1.165, 1.54) is 0 Å². The van der Waals surface area contributed by atoms with Gasteiger partial charge < -0.3 is 9.84 Å². The van der Waals surface area contributed by atoms with Crippen LogP contribution < -0.4 is 4.74 Å². The maximum atomic E-state index is 10.5. The maximum Gasteiger partial charge on any atom is 0.313 e. The van der Waals surface area contributed by atoms with Gasteiger partial charge in [-0.1, -0.05) is 35.9 Å². The van der Waals surface area contributed by atoms with Gasteiger partial charge in [-0.3, -0.25) is 4.79 Å². The van der Waals surface area contributed by atoms with Gasteiger partial charge in [0, 0.05) is 11.5 Å². The number of terminal acetylenes is 1. The second kappa shape index (κ2) is 6.12. The van der Waals surface area contributed by atoms with Crippen LogP contribution in [0.3, 0.4) is 0 Å². The molecule has 2 rings (SSSR count). The minimum atomic E-state index is -0.930. The van der Waals surface area contributed by atoms with Crippen LogP contribution in [0.1, 0.15) is 0 Å². The SMILES string of the molecule is C#C[C@@H](Oc1ccc2ccccc2n1)SCC(=O)O. The fourth-order valence-corrected chi connectivity index (χ4v) is 2.04. The predicted octanol–water partition coefficient (Wildman–Crippen LogP) is 2.39. The van der Waals surface area contributed by atoms with Gasteiger partial charge in [-0.15, -0.1) is 6.42 Å². The molecular formula is C14H11NO3S. The summed E-state index contributed by atoms with van der Waals surface area (Å²) in [7, 11) is 0. The molecule has 1 heterocycles. The summed E-state index contributed by atoms with van der Waals surface area (Å²) < 4.78 is 5.47. The van der Waals surface area contributed by atoms with E-state index in [1.807, 2.05) is 30.3 Å². The van der Waals surface area contributed by atoms with Gasteiger partial charge in [0.15, 0.2) is 0 Å². The number of ether oxygens (including phenoxy) is 1. The van der Waals surface area contributed by atoms with Crippen molar-refractivity contribution in [1.82, 2.24) is 4.98 Å². The Morgan fingerprint density at radius 2 is 2.21 bits per heavy atom. The molecular weight excluding hydrogens is 262 g/mol. The standard InChI is InChI=1S/C14H11NO3S/c1-2-14(19-9-13(16)17)18-12-8-7-10-5-3-4-6-11(10)15-12/h1,3-8,14H,9H2,(H,16,17)/t14-/m0/s1. The van der Waals surface area contributed by atoms with E-state index in [1.54, 1.807) is 6.07 Å². The summed E-state index contributed by atoms with van der Waals surface area (Å²) in [4.78, 5) is 14.8. The van der Waals surface area contributed by atoms with Gasteiger partial charge in [-0.05, 0) is 12.1 Å². The maximum absolute atomic E-state index is 10.5. The van der Waals surface area contributed by atoms with E-state index in [4.69, 9.17) is 16.3 Å². The Kier molecular flexibility index (Phi) is 4.26. The van der Waals surface area contributed by atoms with Gasteiger partial charge in [0.25, 0.3) is 0 Å². The number of aromatic nitrogens is 1. The molecule has 1 aromatic carbocycles. The minimum absolute atomic E-state index is 0.109. The van der Waals surface area contributed by atoms with Crippen molar-refractivity contribution in [2.45, 2.75) is 5.44 Å². The summed E-state index contributed by atoms with van der Waals surface area (Å²) in [6, 6.07) is 11.2. The van der Waals surface area contributed by atoms with Crippen LogP contribution in [0.25, 0.3) is 10.9 Å². The molecule has 0 spiro atoms. The molecule has 96 valence electrons. The molecule has 0 amide bonds. The summed E-state index contributed by atoms with van der Waals surface area (Å²) in [6.45, 7) is 0. The molecule has 1 N–H and O–H groups in total. The zero-order valence-electron chi connectivity index (χ0n) is 9.95. The highest BCUT2D eigenvalue weighted by atomic mass is 32.2. The molecule has 0 unspecified atom stereocenters. The van der Waals surface area contributed by atoms with E-state index in [0.29, 0.717) is 5.88 Å². The largest absolute Gasteiger partial charge is 0.481 e. The Hall–Kier alpha value is -2.19. The van der Waals surface area contributed by atoms with Crippen molar-refractivity contribution in [1.29, 1.82) is 0 Å². The highest BCUT2D eigenvalue weighted by Crippen LogP contribution is 2.20. The summed E-state index contributed by atoms with van der Waals surface area (Å²) >= 11 is 1.03. The van der Waals surface area contributed by atoms with Gasteiger partial charge in [0.05, 0.1) is 11.3 Å². The Morgan fingerprint density at radius 1 is 1.42 bits per heavy atom. The van der Waals surface area contributed by atoms with Gasteiger partial charge >= 0.3 is 5.97 Å². The lowest BCUT2D eigenvalue weighted by Gasteiger charge is -2.11. The smallest absolute Gasteiger partial charge is 0.313 e. The van der Waals surface area contributed by atoms with Crippen LogP contribution in [0.15, 0.2) is 36.4 Å².